The molecule has 0 saturated carbocycles. The summed E-state index contributed by atoms with van der Waals surface area (Å²) in [5.74, 6) is 1.09. The molecule has 0 spiro atoms. The first-order valence-electron chi connectivity index (χ1n) is 3.95. The van der Waals surface area contributed by atoms with Crippen LogP contribution in [-0.2, 0) is 4.74 Å². The Labute approximate surface area is 70.3 Å². The van der Waals surface area contributed by atoms with Crippen molar-refractivity contribution >= 4 is 11.6 Å². The highest BCUT2D eigenvalue weighted by atomic mass is 16.5. The summed E-state index contributed by atoms with van der Waals surface area (Å²) in [7, 11) is 0. The van der Waals surface area contributed by atoms with E-state index in [9.17, 15) is 0 Å². The van der Waals surface area contributed by atoms with Gasteiger partial charge in [0.05, 0.1) is 12.6 Å². The zero-order chi connectivity index (χ0) is 8.55. The predicted molar refractivity (Wildman–Crippen MR) is 45.5 cm³/mol. The Kier molecular flexibility index (Phi) is 1.65. The third-order valence-corrected chi connectivity index (χ3v) is 2.04. The Morgan fingerprint density at radius 3 is 2.92 bits per heavy atom. The number of ether oxygens (including phenoxy) is 1. The van der Waals surface area contributed by atoms with Crippen molar-refractivity contribution in [3.05, 3.63) is 6.07 Å². The van der Waals surface area contributed by atoms with Gasteiger partial charge < -0.3 is 16.2 Å². The molecule has 1 aromatic rings. The third-order valence-electron chi connectivity index (χ3n) is 2.04. The molecule has 0 amide bonds. The van der Waals surface area contributed by atoms with Crippen LogP contribution in [0.4, 0.5) is 11.6 Å². The SMILES string of the molecule is Nc1cc(N)n(C2CCOC2)n1. The average molecular weight is 168 g/mol. The lowest BCUT2D eigenvalue weighted by molar-refractivity contribution is 0.185. The van der Waals surface area contributed by atoms with Gasteiger partial charge in [-0.3, -0.25) is 0 Å². The summed E-state index contributed by atoms with van der Waals surface area (Å²) in [6.07, 6.45) is 0.964. The highest BCUT2D eigenvalue weighted by Gasteiger charge is 2.20. The molecule has 1 atom stereocenters. The summed E-state index contributed by atoms with van der Waals surface area (Å²) in [6.45, 7) is 1.47. The van der Waals surface area contributed by atoms with Crippen molar-refractivity contribution in [1.29, 1.82) is 0 Å². The second-order valence-corrected chi connectivity index (χ2v) is 2.96. The van der Waals surface area contributed by atoms with Crippen LogP contribution in [0.2, 0.25) is 0 Å². The molecule has 12 heavy (non-hydrogen) atoms. The lowest BCUT2D eigenvalue weighted by Crippen LogP contribution is -2.13. The number of aromatic nitrogens is 2. The molecule has 5 heteroatoms. The highest BCUT2D eigenvalue weighted by molar-refractivity contribution is 5.42. The molecular formula is C7H12N4O. The fourth-order valence-electron chi connectivity index (χ4n) is 1.44. The van der Waals surface area contributed by atoms with Crippen LogP contribution in [0.5, 0.6) is 0 Å². The molecule has 0 radical (unpaired) electrons. The maximum Gasteiger partial charge on any atom is 0.147 e. The molecule has 1 aliphatic heterocycles. The zero-order valence-corrected chi connectivity index (χ0v) is 6.73. The quantitative estimate of drug-likeness (QED) is 0.619. The number of nitrogens with two attached hydrogens (primary N) is 2. The van der Waals surface area contributed by atoms with Crippen LogP contribution in [0, 0.1) is 0 Å². The van der Waals surface area contributed by atoms with Crippen molar-refractivity contribution in [3.8, 4) is 0 Å². The van der Waals surface area contributed by atoms with E-state index in [4.69, 9.17) is 16.2 Å². The minimum atomic E-state index is 0.266. The molecule has 1 aliphatic rings. The number of hydrogen-bond acceptors (Lipinski definition) is 4. The molecular weight excluding hydrogens is 156 g/mol. The predicted octanol–water partition coefficient (Wildman–Crippen LogP) is 0.00890. The average Bonchev–Trinajstić information content (AvgIpc) is 2.58. The Balaban J connectivity index is 2.25. The van der Waals surface area contributed by atoms with Crippen LogP contribution in [0.3, 0.4) is 0 Å². The molecule has 66 valence electrons. The van der Waals surface area contributed by atoms with Gasteiger partial charge in [-0.05, 0) is 6.42 Å². The van der Waals surface area contributed by atoms with Gasteiger partial charge in [0.25, 0.3) is 0 Å². The van der Waals surface area contributed by atoms with Gasteiger partial charge in [0.15, 0.2) is 0 Å². The normalized spacial score (nSPS) is 23.2. The Hall–Kier alpha value is -1.23. The largest absolute Gasteiger partial charge is 0.384 e. The molecule has 0 bridgehead atoms. The van der Waals surface area contributed by atoms with Gasteiger partial charge in [-0.1, -0.05) is 0 Å². The molecule has 1 fully saturated rings. The van der Waals surface area contributed by atoms with E-state index in [1.165, 1.54) is 0 Å². The standard InChI is InChI=1S/C7H12N4O/c8-6-3-7(9)11(10-6)5-1-2-12-4-5/h3,5H,1-2,4,9H2,(H2,8,10). The van der Waals surface area contributed by atoms with Crippen molar-refractivity contribution in [2.24, 2.45) is 0 Å². The maximum atomic E-state index is 5.69. The van der Waals surface area contributed by atoms with Crippen LogP contribution in [0.15, 0.2) is 6.07 Å². The summed E-state index contributed by atoms with van der Waals surface area (Å²) in [4.78, 5) is 0. The van der Waals surface area contributed by atoms with Gasteiger partial charge in [-0.2, -0.15) is 5.10 Å². The van der Waals surface area contributed by atoms with Gasteiger partial charge >= 0.3 is 0 Å². The third kappa shape index (κ3) is 1.12. The van der Waals surface area contributed by atoms with E-state index in [0.717, 1.165) is 13.0 Å². The van der Waals surface area contributed by atoms with Crippen LogP contribution in [-0.4, -0.2) is 23.0 Å². The van der Waals surface area contributed by atoms with Gasteiger partial charge in [0.2, 0.25) is 0 Å². The van der Waals surface area contributed by atoms with Crippen molar-refractivity contribution in [2.45, 2.75) is 12.5 Å². The Bertz CT molecular complexity index is 277. The molecule has 2 rings (SSSR count). The first-order chi connectivity index (χ1) is 5.77. The van der Waals surface area contributed by atoms with Crippen molar-refractivity contribution in [3.63, 3.8) is 0 Å². The van der Waals surface area contributed by atoms with E-state index in [-0.39, 0.29) is 6.04 Å². The van der Waals surface area contributed by atoms with Gasteiger partial charge in [0, 0.05) is 12.7 Å². The van der Waals surface area contributed by atoms with Crippen molar-refractivity contribution in [1.82, 2.24) is 9.78 Å². The van der Waals surface area contributed by atoms with Gasteiger partial charge in [0.1, 0.15) is 11.6 Å². The van der Waals surface area contributed by atoms with E-state index in [1.807, 2.05) is 0 Å². The summed E-state index contributed by atoms with van der Waals surface area (Å²) in [5.41, 5.74) is 11.2. The number of nitrogens with zero attached hydrogens (tertiary/aromatic N) is 2. The smallest absolute Gasteiger partial charge is 0.147 e. The first-order valence-corrected chi connectivity index (χ1v) is 3.95. The minimum Gasteiger partial charge on any atom is -0.384 e. The van der Waals surface area contributed by atoms with Crippen LogP contribution < -0.4 is 11.5 Å². The summed E-state index contributed by atoms with van der Waals surface area (Å²) in [6, 6.07) is 1.93. The highest BCUT2D eigenvalue weighted by Crippen LogP contribution is 2.22. The molecule has 2 heterocycles. The second kappa shape index (κ2) is 2.67. The second-order valence-electron chi connectivity index (χ2n) is 2.96. The summed E-state index contributed by atoms with van der Waals surface area (Å²) in [5, 5.41) is 4.08. The minimum absolute atomic E-state index is 0.266. The molecule has 1 saturated heterocycles. The van der Waals surface area contributed by atoms with E-state index >= 15 is 0 Å². The number of rotatable bonds is 1. The number of hydrogen-bond donors (Lipinski definition) is 2. The molecule has 4 N–H and O–H groups in total. The Morgan fingerprint density at radius 2 is 2.42 bits per heavy atom. The first kappa shape index (κ1) is 7.42. The number of nitrogen functional groups attached to an aromatic ring is 2. The molecule has 1 unspecified atom stereocenters. The van der Waals surface area contributed by atoms with Crippen LogP contribution in [0.1, 0.15) is 12.5 Å². The maximum absolute atomic E-state index is 5.69. The van der Waals surface area contributed by atoms with Gasteiger partial charge in [-0.15, -0.1) is 0 Å². The zero-order valence-electron chi connectivity index (χ0n) is 6.73. The van der Waals surface area contributed by atoms with Crippen LogP contribution >= 0.6 is 0 Å². The van der Waals surface area contributed by atoms with E-state index in [2.05, 4.69) is 5.10 Å². The topological polar surface area (TPSA) is 79.1 Å². The van der Waals surface area contributed by atoms with Crippen molar-refractivity contribution in [2.75, 3.05) is 24.7 Å². The van der Waals surface area contributed by atoms with E-state index in [1.54, 1.807) is 10.7 Å². The van der Waals surface area contributed by atoms with Gasteiger partial charge in [-0.25, -0.2) is 4.68 Å². The number of anilines is 2. The fourth-order valence-corrected chi connectivity index (χ4v) is 1.44. The fraction of sp³-hybridized carbons (Fsp3) is 0.571. The van der Waals surface area contributed by atoms with E-state index in [0.29, 0.717) is 18.2 Å². The molecule has 1 aromatic heterocycles. The molecule has 0 aliphatic carbocycles. The van der Waals surface area contributed by atoms with Crippen LogP contribution in [0.25, 0.3) is 0 Å². The van der Waals surface area contributed by atoms with E-state index < -0.39 is 0 Å². The Morgan fingerprint density at radius 1 is 1.58 bits per heavy atom. The lowest BCUT2D eigenvalue weighted by Gasteiger charge is -2.09. The van der Waals surface area contributed by atoms with Crippen molar-refractivity contribution < 1.29 is 4.74 Å². The summed E-state index contributed by atoms with van der Waals surface area (Å²) < 4.78 is 6.96. The molecule has 0 aromatic carbocycles. The molecule has 5 nitrogen and oxygen atoms in total. The lowest BCUT2D eigenvalue weighted by atomic mass is 10.3. The monoisotopic (exact) mass is 168 g/mol. The summed E-state index contributed by atoms with van der Waals surface area (Å²) >= 11 is 0.